The van der Waals surface area contributed by atoms with Crippen molar-refractivity contribution in [1.82, 2.24) is 9.88 Å². The number of imide groups is 1. The summed E-state index contributed by atoms with van der Waals surface area (Å²) in [6.07, 6.45) is 4.10. The highest BCUT2D eigenvalue weighted by molar-refractivity contribution is 8.00. The molecule has 0 radical (unpaired) electrons. The van der Waals surface area contributed by atoms with E-state index in [-0.39, 0.29) is 34.8 Å². The zero-order valence-corrected chi connectivity index (χ0v) is 15.8. The van der Waals surface area contributed by atoms with E-state index in [4.69, 9.17) is 11.6 Å². The number of anilines is 1. The van der Waals surface area contributed by atoms with E-state index in [1.165, 1.54) is 35.4 Å². The molecule has 5 nitrogen and oxygen atoms in total. The molecule has 0 bridgehead atoms. The van der Waals surface area contributed by atoms with Crippen LogP contribution in [0, 0.1) is 0 Å². The number of halogens is 4. The van der Waals surface area contributed by atoms with E-state index < -0.39 is 17.1 Å². The van der Waals surface area contributed by atoms with Crippen LogP contribution in [0.3, 0.4) is 0 Å². The summed E-state index contributed by atoms with van der Waals surface area (Å²) in [6, 6.07) is 6.37. The highest BCUT2D eigenvalue weighted by Gasteiger charge is 2.65. The van der Waals surface area contributed by atoms with Crippen LogP contribution >= 0.6 is 23.4 Å². The summed E-state index contributed by atoms with van der Waals surface area (Å²) in [4.78, 5) is 32.3. The van der Waals surface area contributed by atoms with Gasteiger partial charge in [-0.25, -0.2) is 9.69 Å². The second kappa shape index (κ2) is 6.66. The molecule has 2 fully saturated rings. The molecule has 2 aliphatic rings. The predicted octanol–water partition coefficient (Wildman–Crippen LogP) is 4.85. The van der Waals surface area contributed by atoms with Gasteiger partial charge in [0.05, 0.1) is 17.3 Å². The van der Waals surface area contributed by atoms with Gasteiger partial charge in [-0.3, -0.25) is 9.78 Å². The molecule has 4 rings (SSSR count). The predicted molar refractivity (Wildman–Crippen MR) is 98.0 cm³/mol. The van der Waals surface area contributed by atoms with Crippen molar-refractivity contribution in [3.63, 3.8) is 0 Å². The molecule has 0 atom stereocenters. The van der Waals surface area contributed by atoms with Crippen LogP contribution in [0.1, 0.15) is 18.4 Å². The van der Waals surface area contributed by atoms with Crippen LogP contribution in [0.2, 0.25) is 5.02 Å². The number of amides is 3. The van der Waals surface area contributed by atoms with Crippen molar-refractivity contribution in [3.8, 4) is 0 Å². The Kier molecular flexibility index (Phi) is 4.54. The van der Waals surface area contributed by atoms with Crippen LogP contribution in [0.4, 0.5) is 23.7 Å². The van der Waals surface area contributed by atoms with Crippen molar-refractivity contribution >= 4 is 41.0 Å². The minimum atomic E-state index is -4.40. The van der Waals surface area contributed by atoms with Crippen LogP contribution in [0.5, 0.6) is 0 Å². The zero-order chi connectivity index (χ0) is 20.1. The number of benzene rings is 1. The molecule has 1 aromatic heterocycles. The third-order valence-corrected chi connectivity index (χ3v) is 5.86. The number of thioether (sulfide) groups is 1. The van der Waals surface area contributed by atoms with Crippen molar-refractivity contribution in [1.29, 1.82) is 0 Å². The lowest BCUT2D eigenvalue weighted by Gasteiger charge is -2.21. The number of rotatable bonds is 4. The average molecular weight is 428 g/mol. The molecule has 10 heteroatoms. The van der Waals surface area contributed by atoms with Gasteiger partial charge in [0.15, 0.2) is 0 Å². The fourth-order valence-electron chi connectivity index (χ4n) is 3.26. The lowest BCUT2D eigenvalue weighted by Crippen LogP contribution is -2.36. The summed E-state index contributed by atoms with van der Waals surface area (Å²) in [5.74, 6) is -0.362. The Hall–Kier alpha value is -2.26. The van der Waals surface area contributed by atoms with Gasteiger partial charge >= 0.3 is 11.5 Å². The number of carbonyl (C=O) groups excluding carboxylic acids is 2. The first kappa shape index (κ1) is 19.1. The normalized spacial score (nSPS) is 18.3. The van der Waals surface area contributed by atoms with Gasteiger partial charge in [0.2, 0.25) is 0 Å². The molecule has 1 saturated heterocycles. The number of aromatic nitrogens is 1. The number of pyridine rings is 1. The Morgan fingerprint density at radius 1 is 1.14 bits per heavy atom. The molecule has 1 aromatic carbocycles. The number of alkyl halides is 3. The number of hydrogen-bond donors (Lipinski definition) is 0. The Bertz CT molecular complexity index is 948. The zero-order valence-electron chi connectivity index (χ0n) is 14.2. The topological polar surface area (TPSA) is 53.5 Å². The van der Waals surface area contributed by atoms with Crippen LogP contribution in [-0.4, -0.2) is 32.9 Å². The second-order valence-electron chi connectivity index (χ2n) is 6.55. The summed E-state index contributed by atoms with van der Waals surface area (Å²) in [7, 11) is 0. The molecule has 1 saturated carbocycles. The van der Waals surface area contributed by atoms with E-state index in [9.17, 15) is 22.8 Å². The van der Waals surface area contributed by atoms with Crippen molar-refractivity contribution in [2.75, 3.05) is 4.90 Å². The first-order valence-electron chi connectivity index (χ1n) is 8.32. The minimum Gasteiger partial charge on any atom is -0.305 e. The first-order chi connectivity index (χ1) is 13.2. The molecule has 0 unspecified atom stereocenters. The molecule has 3 amide bonds. The number of hydrogen-bond acceptors (Lipinski definition) is 4. The van der Waals surface area contributed by atoms with Gasteiger partial charge in [-0.15, -0.1) is 0 Å². The van der Waals surface area contributed by atoms with E-state index in [1.807, 2.05) is 0 Å². The lowest BCUT2D eigenvalue weighted by molar-refractivity contribution is -0.120. The number of nitrogens with zero attached hydrogens (tertiary/aromatic N) is 3. The van der Waals surface area contributed by atoms with Crippen LogP contribution in [0.15, 0.2) is 47.6 Å². The van der Waals surface area contributed by atoms with Gasteiger partial charge in [0.1, 0.15) is 5.54 Å². The lowest BCUT2D eigenvalue weighted by atomic mass is 10.2. The molecule has 1 aliphatic carbocycles. The van der Waals surface area contributed by atoms with Crippen molar-refractivity contribution in [2.24, 2.45) is 0 Å². The van der Waals surface area contributed by atoms with E-state index >= 15 is 0 Å². The highest BCUT2D eigenvalue weighted by atomic mass is 35.5. The highest BCUT2D eigenvalue weighted by Crippen LogP contribution is 2.50. The molecule has 1 aliphatic heterocycles. The molecular formula is C18H13ClF3N3O2S. The summed E-state index contributed by atoms with van der Waals surface area (Å²) in [6.45, 7) is 0.157. The van der Waals surface area contributed by atoms with Gasteiger partial charge < -0.3 is 4.90 Å². The van der Waals surface area contributed by atoms with Crippen LogP contribution in [-0.2, 0) is 11.3 Å². The standard InChI is InChI=1S/C18H13ClF3N3O2S/c19-14-9-23-8-5-11(14)10-24-16(27)25(15(26)17(24)6-7-17)12-1-3-13(4-2-12)28-18(20,21)22/h1-5,8-9H,6-7,10H2. The molecule has 146 valence electrons. The first-order valence-corrected chi connectivity index (χ1v) is 9.51. The molecule has 2 aromatic rings. The third-order valence-electron chi connectivity index (χ3n) is 4.78. The van der Waals surface area contributed by atoms with Crippen LogP contribution < -0.4 is 4.90 Å². The second-order valence-corrected chi connectivity index (χ2v) is 8.10. The van der Waals surface area contributed by atoms with Gasteiger partial charge in [0, 0.05) is 17.3 Å². The van der Waals surface area contributed by atoms with Crippen molar-refractivity contribution in [2.45, 2.75) is 35.3 Å². The van der Waals surface area contributed by atoms with Gasteiger partial charge in [-0.05, 0) is 60.5 Å². The Balaban J connectivity index is 1.60. The molecule has 28 heavy (non-hydrogen) atoms. The number of carbonyl (C=O) groups is 2. The van der Waals surface area contributed by atoms with E-state index in [0.29, 0.717) is 23.4 Å². The summed E-state index contributed by atoms with van der Waals surface area (Å²) in [5.41, 5.74) is -4.39. The smallest absolute Gasteiger partial charge is 0.305 e. The third kappa shape index (κ3) is 3.33. The summed E-state index contributed by atoms with van der Waals surface area (Å²) < 4.78 is 37.5. The fraction of sp³-hybridized carbons (Fsp3) is 0.278. The molecular weight excluding hydrogens is 415 g/mol. The molecule has 2 heterocycles. The van der Waals surface area contributed by atoms with Gasteiger partial charge in [0.25, 0.3) is 5.91 Å². The van der Waals surface area contributed by atoms with E-state index in [0.717, 1.165) is 4.90 Å². The van der Waals surface area contributed by atoms with E-state index in [2.05, 4.69) is 4.98 Å². The van der Waals surface area contributed by atoms with Crippen molar-refractivity contribution < 1.29 is 22.8 Å². The Morgan fingerprint density at radius 3 is 2.39 bits per heavy atom. The van der Waals surface area contributed by atoms with Crippen molar-refractivity contribution in [3.05, 3.63) is 53.3 Å². The maximum absolute atomic E-state index is 13.0. The Labute approximate surface area is 167 Å². The van der Waals surface area contributed by atoms with E-state index in [1.54, 1.807) is 12.3 Å². The quantitative estimate of drug-likeness (QED) is 0.517. The molecule has 1 spiro atoms. The largest absolute Gasteiger partial charge is 0.446 e. The van der Waals surface area contributed by atoms with Crippen LogP contribution in [0.25, 0.3) is 0 Å². The van der Waals surface area contributed by atoms with Gasteiger partial charge in [-0.2, -0.15) is 13.2 Å². The minimum absolute atomic E-state index is 0.0168. The SMILES string of the molecule is O=C1N(c2ccc(SC(F)(F)F)cc2)C(=O)C2(CC2)N1Cc1ccncc1Cl. The monoisotopic (exact) mass is 427 g/mol. The average Bonchev–Trinajstić information content (AvgIpc) is 3.39. The fourth-order valence-corrected chi connectivity index (χ4v) is 3.98. The number of urea groups is 1. The maximum atomic E-state index is 13.0. The summed E-state index contributed by atoms with van der Waals surface area (Å²) >= 11 is 5.88. The maximum Gasteiger partial charge on any atom is 0.446 e. The Morgan fingerprint density at radius 2 is 1.82 bits per heavy atom. The molecule has 0 N–H and O–H groups in total. The van der Waals surface area contributed by atoms with Gasteiger partial charge in [-0.1, -0.05) is 11.6 Å². The summed E-state index contributed by atoms with van der Waals surface area (Å²) in [5, 5.41) is 0.394.